The average Bonchev–Trinajstić information content (AvgIpc) is 2.87. The highest BCUT2D eigenvalue weighted by Crippen LogP contribution is 2.31. The summed E-state index contributed by atoms with van der Waals surface area (Å²) in [5.74, 6) is 1.65. The molecular formula is C27H25NO6. The second kappa shape index (κ2) is 10.6. The Morgan fingerprint density at radius 2 is 1.71 bits per heavy atom. The van der Waals surface area contributed by atoms with Gasteiger partial charge in [0.2, 0.25) is 0 Å². The van der Waals surface area contributed by atoms with Crippen molar-refractivity contribution in [2.75, 3.05) is 32.2 Å². The molecule has 3 aromatic rings. The minimum absolute atomic E-state index is 0.163. The van der Waals surface area contributed by atoms with Crippen LogP contribution in [0.4, 0.5) is 5.69 Å². The molecule has 174 valence electrons. The summed E-state index contributed by atoms with van der Waals surface area (Å²) in [5, 5.41) is 2.79. The van der Waals surface area contributed by atoms with Crippen LogP contribution in [-0.4, -0.2) is 38.6 Å². The van der Waals surface area contributed by atoms with Gasteiger partial charge in [0.25, 0.3) is 5.91 Å². The van der Waals surface area contributed by atoms with E-state index in [1.54, 1.807) is 42.5 Å². The lowest BCUT2D eigenvalue weighted by Crippen LogP contribution is -2.20. The van der Waals surface area contributed by atoms with Crippen molar-refractivity contribution < 1.29 is 28.5 Å². The third kappa shape index (κ3) is 5.75. The van der Waals surface area contributed by atoms with Crippen LogP contribution in [0.5, 0.6) is 23.0 Å². The number of ketones is 1. The molecule has 1 N–H and O–H groups in total. The number of aryl methyl sites for hydroxylation is 1. The van der Waals surface area contributed by atoms with Gasteiger partial charge in [0.15, 0.2) is 35.4 Å². The Balaban J connectivity index is 1.37. The van der Waals surface area contributed by atoms with Crippen LogP contribution in [0.25, 0.3) is 6.08 Å². The predicted octanol–water partition coefficient (Wildman–Crippen LogP) is 4.69. The Kier molecular flexibility index (Phi) is 7.13. The van der Waals surface area contributed by atoms with Gasteiger partial charge in [-0.3, -0.25) is 9.59 Å². The first-order chi connectivity index (χ1) is 16.5. The number of ether oxygens (including phenoxy) is 4. The molecule has 0 bridgehead atoms. The zero-order chi connectivity index (χ0) is 23.9. The molecule has 7 nitrogen and oxygen atoms in total. The normalized spacial score (nSPS) is 12.3. The fourth-order valence-electron chi connectivity index (χ4n) is 3.35. The molecule has 4 rings (SSSR count). The van der Waals surface area contributed by atoms with Crippen molar-refractivity contribution in [2.45, 2.75) is 6.92 Å². The molecule has 0 spiro atoms. The Hall–Kier alpha value is -4.26. The van der Waals surface area contributed by atoms with Crippen LogP contribution < -0.4 is 24.3 Å². The highest BCUT2D eigenvalue weighted by atomic mass is 16.6. The Bertz CT molecular complexity index is 1220. The lowest BCUT2D eigenvalue weighted by molar-refractivity contribution is -0.118. The van der Waals surface area contributed by atoms with Gasteiger partial charge in [-0.1, -0.05) is 29.8 Å². The Morgan fingerprint density at radius 1 is 0.941 bits per heavy atom. The number of carbonyl (C=O) groups excluding carboxylic acids is 2. The molecule has 0 aliphatic carbocycles. The summed E-state index contributed by atoms with van der Waals surface area (Å²) in [6.07, 6.45) is 3.17. The summed E-state index contributed by atoms with van der Waals surface area (Å²) in [5.41, 5.74) is 3.07. The molecule has 0 aromatic heterocycles. The molecule has 1 heterocycles. The maximum absolute atomic E-state index is 12.6. The number of fused-ring (bicyclic) bond motifs is 1. The van der Waals surface area contributed by atoms with Gasteiger partial charge >= 0.3 is 0 Å². The van der Waals surface area contributed by atoms with Crippen molar-refractivity contribution in [2.24, 2.45) is 0 Å². The fourth-order valence-corrected chi connectivity index (χ4v) is 3.35. The third-order valence-corrected chi connectivity index (χ3v) is 5.14. The number of nitrogens with one attached hydrogen (secondary N) is 1. The molecule has 0 atom stereocenters. The molecule has 1 aliphatic rings. The van der Waals surface area contributed by atoms with Crippen LogP contribution >= 0.6 is 0 Å². The molecule has 1 amide bonds. The van der Waals surface area contributed by atoms with Gasteiger partial charge in [-0.15, -0.1) is 0 Å². The molecule has 3 aromatic carbocycles. The van der Waals surface area contributed by atoms with Gasteiger partial charge < -0.3 is 24.3 Å². The zero-order valence-corrected chi connectivity index (χ0v) is 19.0. The number of methoxy groups -OCH3 is 1. The first kappa shape index (κ1) is 22.9. The lowest BCUT2D eigenvalue weighted by Gasteiger charge is -2.18. The highest BCUT2D eigenvalue weighted by Gasteiger charge is 2.14. The van der Waals surface area contributed by atoms with Gasteiger partial charge in [-0.2, -0.15) is 0 Å². The number of allylic oxidation sites excluding steroid dienone is 1. The van der Waals surface area contributed by atoms with E-state index in [9.17, 15) is 9.59 Å². The Morgan fingerprint density at radius 3 is 2.47 bits per heavy atom. The SMILES string of the molecule is COc1cc(C=CC(=O)c2ccc3c(c2)OCCO3)ccc1OCC(=O)Nc1ccc(C)cc1. The minimum atomic E-state index is -0.278. The zero-order valence-electron chi connectivity index (χ0n) is 19.0. The first-order valence-electron chi connectivity index (χ1n) is 10.8. The van der Waals surface area contributed by atoms with E-state index in [0.29, 0.717) is 47.5 Å². The van der Waals surface area contributed by atoms with Crippen LogP contribution in [0.2, 0.25) is 0 Å². The quantitative estimate of drug-likeness (QED) is 0.389. The lowest BCUT2D eigenvalue weighted by atomic mass is 10.1. The Labute approximate surface area is 197 Å². The number of carbonyl (C=O) groups is 2. The van der Waals surface area contributed by atoms with Gasteiger partial charge in [0.1, 0.15) is 13.2 Å². The van der Waals surface area contributed by atoms with Crippen molar-refractivity contribution in [3.63, 3.8) is 0 Å². The van der Waals surface area contributed by atoms with E-state index < -0.39 is 0 Å². The number of hydrogen-bond acceptors (Lipinski definition) is 6. The number of amides is 1. The molecule has 34 heavy (non-hydrogen) atoms. The van der Waals surface area contributed by atoms with Gasteiger partial charge in [0.05, 0.1) is 7.11 Å². The summed E-state index contributed by atoms with van der Waals surface area (Å²) >= 11 is 0. The summed E-state index contributed by atoms with van der Waals surface area (Å²) in [6, 6.07) is 17.9. The van der Waals surface area contributed by atoms with E-state index in [4.69, 9.17) is 18.9 Å². The van der Waals surface area contributed by atoms with Crippen molar-refractivity contribution in [3.05, 3.63) is 83.4 Å². The van der Waals surface area contributed by atoms with Crippen molar-refractivity contribution in [1.82, 2.24) is 0 Å². The van der Waals surface area contributed by atoms with Crippen molar-refractivity contribution in [1.29, 1.82) is 0 Å². The predicted molar refractivity (Wildman–Crippen MR) is 129 cm³/mol. The second-order valence-corrected chi connectivity index (χ2v) is 7.67. The molecule has 0 unspecified atom stereocenters. The van der Waals surface area contributed by atoms with Crippen LogP contribution in [0, 0.1) is 6.92 Å². The summed E-state index contributed by atoms with van der Waals surface area (Å²) in [6.45, 7) is 2.78. The second-order valence-electron chi connectivity index (χ2n) is 7.67. The van der Waals surface area contributed by atoms with E-state index in [1.165, 1.54) is 13.2 Å². The monoisotopic (exact) mass is 459 g/mol. The molecule has 0 fully saturated rings. The van der Waals surface area contributed by atoms with E-state index in [-0.39, 0.29) is 18.3 Å². The highest BCUT2D eigenvalue weighted by molar-refractivity contribution is 6.07. The molecule has 0 saturated carbocycles. The van der Waals surface area contributed by atoms with E-state index in [0.717, 1.165) is 11.1 Å². The van der Waals surface area contributed by atoms with E-state index in [1.807, 2.05) is 31.2 Å². The minimum Gasteiger partial charge on any atom is -0.493 e. The van der Waals surface area contributed by atoms with Crippen LogP contribution in [-0.2, 0) is 4.79 Å². The van der Waals surface area contributed by atoms with Gasteiger partial charge in [-0.05, 0) is 61.0 Å². The number of hydrogen-bond donors (Lipinski definition) is 1. The maximum atomic E-state index is 12.6. The summed E-state index contributed by atoms with van der Waals surface area (Å²) in [7, 11) is 1.52. The van der Waals surface area contributed by atoms with Gasteiger partial charge in [0, 0.05) is 11.3 Å². The molecule has 1 aliphatic heterocycles. The van der Waals surface area contributed by atoms with Crippen LogP contribution in [0.3, 0.4) is 0 Å². The molecule has 7 heteroatoms. The molecule has 0 saturated heterocycles. The van der Waals surface area contributed by atoms with Crippen molar-refractivity contribution in [3.8, 4) is 23.0 Å². The van der Waals surface area contributed by atoms with E-state index in [2.05, 4.69) is 5.32 Å². The average molecular weight is 459 g/mol. The number of rotatable bonds is 8. The summed E-state index contributed by atoms with van der Waals surface area (Å²) < 4.78 is 22.1. The topological polar surface area (TPSA) is 83.1 Å². The van der Waals surface area contributed by atoms with Crippen LogP contribution in [0.1, 0.15) is 21.5 Å². The molecular weight excluding hydrogens is 434 g/mol. The maximum Gasteiger partial charge on any atom is 0.262 e. The third-order valence-electron chi connectivity index (χ3n) is 5.14. The first-order valence-corrected chi connectivity index (χ1v) is 10.8. The van der Waals surface area contributed by atoms with Crippen molar-refractivity contribution >= 4 is 23.5 Å². The standard InChI is InChI=1S/C27H25NO6/c1-18-3-8-21(9-4-18)28-27(30)17-34-23-11-6-19(15-25(23)31-2)5-10-22(29)20-7-12-24-26(16-20)33-14-13-32-24/h3-12,15-16H,13-14,17H2,1-2H3,(H,28,30). The van der Waals surface area contributed by atoms with Gasteiger partial charge in [-0.25, -0.2) is 0 Å². The van der Waals surface area contributed by atoms with Crippen LogP contribution in [0.15, 0.2) is 66.7 Å². The fraction of sp³-hybridized carbons (Fsp3) is 0.185. The van der Waals surface area contributed by atoms with E-state index >= 15 is 0 Å². The number of anilines is 1. The largest absolute Gasteiger partial charge is 0.493 e. The molecule has 0 radical (unpaired) electrons. The summed E-state index contributed by atoms with van der Waals surface area (Å²) in [4.78, 5) is 24.8. The number of benzene rings is 3. The smallest absolute Gasteiger partial charge is 0.262 e.